The minimum Gasteiger partial charge on any atom is -0.497 e. The number of methoxy groups -OCH3 is 6. The van der Waals surface area contributed by atoms with Crippen molar-refractivity contribution >= 4 is 36.0 Å². The summed E-state index contributed by atoms with van der Waals surface area (Å²) in [7, 11) is 9.03. The number of nitrogens with zero attached hydrogens (tertiary/aromatic N) is 3. The summed E-state index contributed by atoms with van der Waals surface area (Å²) >= 11 is 0. The number of carbonyl (C=O) groups is 6. The van der Waals surface area contributed by atoms with Gasteiger partial charge in [-0.3, -0.25) is 14.4 Å². The van der Waals surface area contributed by atoms with E-state index in [4.69, 9.17) is 42.6 Å². The van der Waals surface area contributed by atoms with E-state index in [2.05, 4.69) is 16.0 Å². The fraction of sp³-hybridized carbons (Fsp3) is 0.407. The minimum atomic E-state index is -2.11. The first-order valence-corrected chi connectivity index (χ1v) is 35.7. The number of carbonyl (C=O) groups excluding carboxylic acids is 6. The van der Waals surface area contributed by atoms with Gasteiger partial charge < -0.3 is 88.6 Å². The van der Waals surface area contributed by atoms with Crippen molar-refractivity contribution in [3.05, 3.63) is 214 Å². The number of rotatable bonds is 30. The van der Waals surface area contributed by atoms with Crippen LogP contribution in [0, 0.1) is 0 Å². The number of hydrogen-bond acceptors (Lipinski definition) is 18. The highest BCUT2D eigenvalue weighted by molar-refractivity contribution is 6.05. The standard InChI is InChI=1S/C81H96N6O18/c1-10-13-40-82-76(91)103-67-46-70(79(94,55-16-28-61(97-4)29-17-55)56-18-30-62(98-5)31-19-56)85(49-67)73(88)52-43-53(74(89)86-50-68(104-77(92)83-41-14-11-2)47-71(86)80(95,57-20-32-63(99-6)33-21-57)58-22-34-64(100-7)35-23-58)45-54(44-52)75(90)87-51-69(105-78(93)84-42-15-12-3)48-72(87)81(96,59-24-36-65(101-8)37-25-59)60-26-38-66(102-9)39-27-60/h16-39,43-45,67-72,94-96H,10-15,40-42,46-51H2,1-9H3,(H,82,91)(H,83,92)(H,84,93)/t67-,68-,69-,70+,71+,72+/m1/s1. The van der Waals surface area contributed by atoms with Crippen molar-refractivity contribution in [3.8, 4) is 34.5 Å². The smallest absolute Gasteiger partial charge is 0.407 e. The highest BCUT2D eigenvalue weighted by Crippen LogP contribution is 2.47. The van der Waals surface area contributed by atoms with Gasteiger partial charge in [0.25, 0.3) is 17.7 Å². The molecule has 10 rings (SSSR count). The van der Waals surface area contributed by atoms with Crippen LogP contribution in [-0.2, 0) is 31.0 Å². The second-order valence-electron chi connectivity index (χ2n) is 26.5. The van der Waals surface area contributed by atoms with Gasteiger partial charge in [-0.15, -0.1) is 0 Å². The average Bonchev–Trinajstić information content (AvgIpc) is 1.66. The van der Waals surface area contributed by atoms with Crippen LogP contribution in [0.5, 0.6) is 34.5 Å². The maximum Gasteiger partial charge on any atom is 0.407 e. The lowest BCUT2D eigenvalue weighted by Gasteiger charge is -2.41. The molecule has 0 radical (unpaired) electrons. The molecule has 3 heterocycles. The summed E-state index contributed by atoms with van der Waals surface area (Å²) in [4.78, 5) is 95.5. The number of benzene rings is 7. The van der Waals surface area contributed by atoms with Gasteiger partial charge in [0.1, 0.15) is 69.6 Å². The van der Waals surface area contributed by atoms with E-state index < -0.39 is 89.2 Å². The maximum absolute atomic E-state index is 16.7. The molecule has 0 saturated carbocycles. The SMILES string of the molecule is CCCCNC(=O)O[C@@H]1C[C@@H](C(O)(c2ccc(OC)cc2)c2ccc(OC)cc2)N(C(=O)c2cc(C(=O)N3C[C@H](OC(=O)NCCCC)C[C@H]3C(O)(c3ccc(OC)cc3)c3ccc(OC)cc3)cc(C(=O)N3C[C@H](OC(=O)NCCCC)C[C@H]3C(O)(c3ccc(OC)cc3)c3ccc(OC)cc3)c2)C1. The Morgan fingerprint density at radius 1 is 0.343 bits per heavy atom. The third-order valence-corrected chi connectivity index (χ3v) is 20.1. The molecular weight excluding hydrogens is 1340 g/mol. The van der Waals surface area contributed by atoms with E-state index in [1.807, 2.05) is 20.8 Å². The Kier molecular flexibility index (Phi) is 25.6. The average molecular weight is 1440 g/mol. The van der Waals surface area contributed by atoms with Gasteiger partial charge in [0.15, 0.2) is 0 Å². The fourth-order valence-electron chi connectivity index (χ4n) is 14.4. The van der Waals surface area contributed by atoms with Gasteiger partial charge in [-0.25, -0.2) is 14.4 Å². The second kappa shape index (κ2) is 34.8. The quantitative estimate of drug-likeness (QED) is 0.0180. The molecular formula is C81H96N6O18. The monoisotopic (exact) mass is 1440 g/mol. The van der Waals surface area contributed by atoms with Crippen LogP contribution in [0.2, 0.25) is 0 Å². The van der Waals surface area contributed by atoms with Crippen LogP contribution in [-0.4, -0.2) is 184 Å². The zero-order valence-electron chi connectivity index (χ0n) is 61.0. The Labute approximate surface area is 612 Å². The molecule has 3 fully saturated rings. The van der Waals surface area contributed by atoms with E-state index in [1.165, 1.54) is 75.6 Å². The van der Waals surface area contributed by atoms with E-state index in [0.29, 0.717) is 107 Å². The third-order valence-electron chi connectivity index (χ3n) is 20.1. The Balaban J connectivity index is 1.19. The number of alkyl carbamates (subject to hydrolysis) is 3. The summed E-state index contributed by atoms with van der Waals surface area (Å²) in [5, 5.41) is 50.2. The van der Waals surface area contributed by atoms with Crippen molar-refractivity contribution in [3.63, 3.8) is 0 Å². The van der Waals surface area contributed by atoms with Gasteiger partial charge in [-0.2, -0.15) is 0 Å². The molecule has 24 heteroatoms. The lowest BCUT2D eigenvalue weighted by atomic mass is 9.78. The molecule has 0 spiro atoms. The summed E-state index contributed by atoms with van der Waals surface area (Å²) in [5.74, 6) is 0.348. The lowest BCUT2D eigenvalue weighted by Crippen LogP contribution is -2.51. The van der Waals surface area contributed by atoms with Crippen molar-refractivity contribution in [1.82, 2.24) is 30.7 Å². The summed E-state index contributed by atoms with van der Waals surface area (Å²) in [6.45, 7) is 5.91. The molecule has 3 aliphatic rings. The molecule has 7 aromatic rings. The van der Waals surface area contributed by atoms with Crippen molar-refractivity contribution in [1.29, 1.82) is 0 Å². The number of ether oxygens (including phenoxy) is 9. The van der Waals surface area contributed by atoms with Crippen LogP contribution >= 0.6 is 0 Å². The van der Waals surface area contributed by atoms with Gasteiger partial charge in [0.05, 0.1) is 80.4 Å². The fourth-order valence-corrected chi connectivity index (χ4v) is 14.4. The lowest BCUT2D eigenvalue weighted by molar-refractivity contribution is -0.00191. The summed E-state index contributed by atoms with van der Waals surface area (Å²) in [5.41, 5.74) is -5.20. The van der Waals surface area contributed by atoms with Crippen molar-refractivity contribution in [2.45, 2.75) is 132 Å². The van der Waals surface area contributed by atoms with E-state index in [-0.39, 0.29) is 55.6 Å². The number of unbranched alkanes of at least 4 members (excludes halogenated alkanes) is 3. The molecule has 6 atom stereocenters. The van der Waals surface area contributed by atoms with Crippen LogP contribution in [0.1, 0.15) is 143 Å². The molecule has 105 heavy (non-hydrogen) atoms. The van der Waals surface area contributed by atoms with E-state index >= 15 is 14.4 Å². The third kappa shape index (κ3) is 17.0. The molecule has 6 amide bonds. The first kappa shape index (κ1) is 77.1. The molecule has 558 valence electrons. The van der Waals surface area contributed by atoms with Crippen molar-refractivity contribution in [2.24, 2.45) is 0 Å². The van der Waals surface area contributed by atoms with Crippen LogP contribution in [0.3, 0.4) is 0 Å². The summed E-state index contributed by atoms with van der Waals surface area (Å²) < 4.78 is 51.8. The maximum atomic E-state index is 16.7. The van der Waals surface area contributed by atoms with Crippen molar-refractivity contribution < 1.29 is 86.7 Å². The largest absolute Gasteiger partial charge is 0.497 e. The molecule has 0 bridgehead atoms. The normalized spacial score (nSPS) is 18.0. The first-order valence-electron chi connectivity index (χ1n) is 35.7. The molecule has 0 unspecified atom stereocenters. The number of amides is 6. The zero-order chi connectivity index (χ0) is 75.0. The second-order valence-corrected chi connectivity index (χ2v) is 26.5. The minimum absolute atomic E-state index is 0.137. The van der Waals surface area contributed by atoms with Gasteiger partial charge in [0, 0.05) is 55.6 Å². The van der Waals surface area contributed by atoms with Gasteiger partial charge in [-0.1, -0.05) is 113 Å². The van der Waals surface area contributed by atoms with Crippen molar-refractivity contribution in [2.75, 3.05) is 81.9 Å². The number of nitrogens with one attached hydrogen (secondary N) is 3. The molecule has 24 nitrogen and oxygen atoms in total. The van der Waals surface area contributed by atoms with Crippen LogP contribution in [0.4, 0.5) is 14.4 Å². The zero-order valence-corrected chi connectivity index (χ0v) is 61.0. The molecule has 6 N–H and O–H groups in total. The highest BCUT2D eigenvalue weighted by Gasteiger charge is 2.55. The predicted molar refractivity (Wildman–Crippen MR) is 391 cm³/mol. The van der Waals surface area contributed by atoms with E-state index in [0.717, 1.165) is 19.3 Å². The molecule has 7 aromatic carbocycles. The molecule has 3 saturated heterocycles. The number of aliphatic hydroxyl groups is 3. The highest BCUT2D eigenvalue weighted by atomic mass is 16.6. The van der Waals surface area contributed by atoms with Crippen LogP contribution in [0.25, 0.3) is 0 Å². The Bertz CT molecular complexity index is 3520. The molecule has 3 aliphatic heterocycles. The first-order chi connectivity index (χ1) is 50.7. The Morgan fingerprint density at radius 3 is 0.705 bits per heavy atom. The molecule has 0 aromatic heterocycles. The Hall–Kier alpha value is -10.6. The van der Waals surface area contributed by atoms with Gasteiger partial charge in [0.2, 0.25) is 0 Å². The topological polar surface area (TPSA) is 292 Å². The number of likely N-dealkylation sites (tertiary alicyclic amines) is 3. The van der Waals surface area contributed by atoms with E-state index in [9.17, 15) is 29.7 Å². The predicted octanol–water partition coefficient (Wildman–Crippen LogP) is 10.9. The van der Waals surface area contributed by atoms with Crippen LogP contribution in [0.15, 0.2) is 164 Å². The van der Waals surface area contributed by atoms with Crippen LogP contribution < -0.4 is 44.4 Å². The number of hydrogen-bond donors (Lipinski definition) is 6. The summed E-state index contributed by atoms with van der Waals surface area (Å²) in [6.07, 6.45) is -1.54. The van der Waals surface area contributed by atoms with E-state index in [1.54, 1.807) is 146 Å². The van der Waals surface area contributed by atoms with Gasteiger partial charge in [-0.05, 0) is 144 Å². The van der Waals surface area contributed by atoms with Gasteiger partial charge >= 0.3 is 18.3 Å². The summed E-state index contributed by atoms with van der Waals surface area (Å²) in [6, 6.07) is 40.2. The Morgan fingerprint density at radius 2 is 0.533 bits per heavy atom. The molecule has 0 aliphatic carbocycles.